The first-order valence-corrected chi connectivity index (χ1v) is 8.16. The van der Waals surface area contributed by atoms with Crippen molar-refractivity contribution in [3.63, 3.8) is 0 Å². The SMILES string of the molecule is FC(F)(F)Cc1cc(-c2ccc(Cl)cc2)n(-c2ccc(Br)cc2)n1. The van der Waals surface area contributed by atoms with Gasteiger partial charge in [0.25, 0.3) is 0 Å². The second kappa shape index (κ2) is 6.61. The third-order valence-electron chi connectivity index (χ3n) is 3.35. The number of rotatable bonds is 3. The average Bonchev–Trinajstić information content (AvgIpc) is 2.90. The maximum Gasteiger partial charge on any atom is 0.394 e. The van der Waals surface area contributed by atoms with Crippen LogP contribution in [0.2, 0.25) is 5.02 Å². The van der Waals surface area contributed by atoms with Crippen molar-refractivity contribution in [1.29, 1.82) is 0 Å². The molecule has 0 aliphatic carbocycles. The van der Waals surface area contributed by atoms with Crippen LogP contribution in [0.1, 0.15) is 5.69 Å². The van der Waals surface area contributed by atoms with Crippen LogP contribution in [-0.4, -0.2) is 16.0 Å². The molecule has 7 heteroatoms. The van der Waals surface area contributed by atoms with E-state index in [-0.39, 0.29) is 5.69 Å². The zero-order valence-corrected chi connectivity index (χ0v) is 14.5. The number of alkyl halides is 3. The normalized spacial score (nSPS) is 11.7. The topological polar surface area (TPSA) is 17.8 Å². The number of hydrogen-bond acceptors (Lipinski definition) is 1. The van der Waals surface area contributed by atoms with E-state index in [2.05, 4.69) is 21.0 Å². The molecule has 0 spiro atoms. The van der Waals surface area contributed by atoms with Gasteiger partial charge >= 0.3 is 6.18 Å². The van der Waals surface area contributed by atoms with Crippen molar-refractivity contribution in [2.45, 2.75) is 12.6 Å². The monoisotopic (exact) mass is 414 g/mol. The molecule has 0 bridgehead atoms. The maximum atomic E-state index is 12.7. The highest BCUT2D eigenvalue weighted by Crippen LogP contribution is 2.29. The van der Waals surface area contributed by atoms with Crippen LogP contribution >= 0.6 is 27.5 Å². The summed E-state index contributed by atoms with van der Waals surface area (Å²) in [5, 5.41) is 4.70. The van der Waals surface area contributed by atoms with Gasteiger partial charge in [-0.25, -0.2) is 4.68 Å². The first kappa shape index (κ1) is 17.0. The Hall–Kier alpha value is -1.79. The summed E-state index contributed by atoms with van der Waals surface area (Å²) in [6, 6.07) is 15.6. The van der Waals surface area contributed by atoms with E-state index in [0.29, 0.717) is 16.4 Å². The summed E-state index contributed by atoms with van der Waals surface area (Å²) in [5.74, 6) is 0. The number of halogens is 5. The Morgan fingerprint density at radius 2 is 1.62 bits per heavy atom. The van der Waals surface area contributed by atoms with Gasteiger partial charge in [0.05, 0.1) is 23.5 Å². The summed E-state index contributed by atoms with van der Waals surface area (Å²) in [4.78, 5) is 0. The fraction of sp³-hybridized carbons (Fsp3) is 0.118. The first-order chi connectivity index (χ1) is 11.3. The van der Waals surface area contributed by atoms with Gasteiger partial charge in [0.15, 0.2) is 0 Å². The molecule has 0 saturated carbocycles. The fourth-order valence-corrected chi connectivity index (χ4v) is 2.72. The number of nitrogens with zero attached hydrogens (tertiary/aromatic N) is 2. The molecule has 0 fully saturated rings. The van der Waals surface area contributed by atoms with E-state index in [1.165, 1.54) is 10.7 Å². The molecule has 0 atom stereocenters. The van der Waals surface area contributed by atoms with Gasteiger partial charge in [-0.05, 0) is 42.5 Å². The largest absolute Gasteiger partial charge is 0.394 e. The molecule has 3 aromatic rings. The highest BCUT2D eigenvalue weighted by atomic mass is 79.9. The zero-order valence-electron chi connectivity index (χ0n) is 12.2. The smallest absolute Gasteiger partial charge is 0.233 e. The molecular weight excluding hydrogens is 405 g/mol. The van der Waals surface area contributed by atoms with Crippen LogP contribution < -0.4 is 0 Å². The van der Waals surface area contributed by atoms with Crippen molar-refractivity contribution < 1.29 is 13.2 Å². The molecule has 1 aromatic heterocycles. The summed E-state index contributed by atoms with van der Waals surface area (Å²) in [6.45, 7) is 0. The quantitative estimate of drug-likeness (QED) is 0.508. The first-order valence-electron chi connectivity index (χ1n) is 6.99. The van der Waals surface area contributed by atoms with Gasteiger partial charge in [0.2, 0.25) is 0 Å². The minimum atomic E-state index is -4.31. The molecule has 2 nitrogen and oxygen atoms in total. The molecule has 0 radical (unpaired) electrons. The van der Waals surface area contributed by atoms with E-state index >= 15 is 0 Å². The van der Waals surface area contributed by atoms with Gasteiger partial charge in [0, 0.05) is 15.1 Å². The third-order valence-corrected chi connectivity index (χ3v) is 4.13. The Morgan fingerprint density at radius 3 is 2.21 bits per heavy atom. The second-order valence-corrected chi connectivity index (χ2v) is 6.56. The van der Waals surface area contributed by atoms with Crippen molar-refractivity contribution in [1.82, 2.24) is 9.78 Å². The molecule has 3 rings (SSSR count). The third kappa shape index (κ3) is 3.99. The lowest BCUT2D eigenvalue weighted by atomic mass is 10.1. The molecule has 0 N–H and O–H groups in total. The molecule has 0 aliphatic heterocycles. The molecule has 2 aromatic carbocycles. The highest BCUT2D eigenvalue weighted by Gasteiger charge is 2.30. The average molecular weight is 416 g/mol. The summed E-state index contributed by atoms with van der Waals surface area (Å²) >= 11 is 9.23. The van der Waals surface area contributed by atoms with Gasteiger partial charge in [-0.1, -0.05) is 39.7 Å². The standard InChI is InChI=1S/C17H11BrClF3N2/c18-12-3-7-15(8-4-12)24-16(11-1-5-13(19)6-2-11)9-14(23-24)10-17(20,21)22/h1-9H,10H2. The van der Waals surface area contributed by atoms with Crippen molar-refractivity contribution in [2.24, 2.45) is 0 Å². The summed E-state index contributed by atoms with van der Waals surface area (Å²) in [6.07, 6.45) is -5.38. The number of aromatic nitrogens is 2. The van der Waals surface area contributed by atoms with E-state index in [0.717, 1.165) is 10.0 Å². The molecule has 0 saturated heterocycles. The van der Waals surface area contributed by atoms with Crippen LogP contribution in [-0.2, 0) is 6.42 Å². The minimum absolute atomic E-state index is 0.0321. The molecule has 124 valence electrons. The minimum Gasteiger partial charge on any atom is -0.233 e. The van der Waals surface area contributed by atoms with Crippen LogP contribution in [0.25, 0.3) is 16.9 Å². The van der Waals surface area contributed by atoms with Gasteiger partial charge in [-0.15, -0.1) is 0 Å². The van der Waals surface area contributed by atoms with Crippen LogP contribution in [0.3, 0.4) is 0 Å². The van der Waals surface area contributed by atoms with Crippen molar-refractivity contribution >= 4 is 27.5 Å². The van der Waals surface area contributed by atoms with E-state index in [9.17, 15) is 13.2 Å². The van der Waals surface area contributed by atoms with E-state index < -0.39 is 12.6 Å². The lowest BCUT2D eigenvalue weighted by Gasteiger charge is -2.08. The van der Waals surface area contributed by atoms with E-state index in [1.54, 1.807) is 36.4 Å². The molecule has 1 heterocycles. The van der Waals surface area contributed by atoms with Crippen LogP contribution in [0.15, 0.2) is 59.1 Å². The Labute approximate surface area is 150 Å². The van der Waals surface area contributed by atoms with Gasteiger partial charge in [-0.3, -0.25) is 0 Å². The number of benzene rings is 2. The second-order valence-electron chi connectivity index (χ2n) is 5.21. The highest BCUT2D eigenvalue weighted by molar-refractivity contribution is 9.10. The Kier molecular flexibility index (Phi) is 4.69. The molecule has 24 heavy (non-hydrogen) atoms. The summed E-state index contributed by atoms with van der Waals surface area (Å²) in [7, 11) is 0. The Morgan fingerprint density at radius 1 is 1.00 bits per heavy atom. The summed E-state index contributed by atoms with van der Waals surface area (Å²) in [5.41, 5.74) is 1.96. The zero-order chi connectivity index (χ0) is 17.3. The van der Waals surface area contributed by atoms with Crippen LogP contribution in [0.5, 0.6) is 0 Å². The lowest BCUT2D eigenvalue weighted by molar-refractivity contribution is -0.127. The van der Waals surface area contributed by atoms with Gasteiger partial charge < -0.3 is 0 Å². The van der Waals surface area contributed by atoms with Crippen LogP contribution in [0.4, 0.5) is 13.2 Å². The Balaban J connectivity index is 2.10. The van der Waals surface area contributed by atoms with E-state index in [1.807, 2.05) is 12.1 Å². The van der Waals surface area contributed by atoms with Crippen molar-refractivity contribution in [3.05, 3.63) is 69.8 Å². The Bertz CT molecular complexity index is 777. The van der Waals surface area contributed by atoms with Gasteiger partial charge in [-0.2, -0.15) is 18.3 Å². The predicted molar refractivity (Wildman–Crippen MR) is 91.5 cm³/mol. The fourth-order valence-electron chi connectivity index (χ4n) is 2.33. The van der Waals surface area contributed by atoms with Crippen LogP contribution in [0, 0.1) is 0 Å². The predicted octanol–water partition coefficient (Wildman–Crippen LogP) is 6.06. The van der Waals surface area contributed by atoms with Crippen molar-refractivity contribution in [2.75, 3.05) is 0 Å². The molecule has 0 aliphatic rings. The van der Waals surface area contributed by atoms with Gasteiger partial charge in [0.1, 0.15) is 0 Å². The lowest BCUT2D eigenvalue weighted by Crippen LogP contribution is -2.12. The summed E-state index contributed by atoms with van der Waals surface area (Å²) < 4.78 is 40.5. The molecular formula is C17H11BrClF3N2. The maximum absolute atomic E-state index is 12.7. The van der Waals surface area contributed by atoms with Crippen molar-refractivity contribution in [3.8, 4) is 16.9 Å². The number of hydrogen-bond donors (Lipinski definition) is 0. The molecule has 0 amide bonds. The molecule has 0 unspecified atom stereocenters. The van der Waals surface area contributed by atoms with E-state index in [4.69, 9.17) is 11.6 Å².